The molecule has 1 N–H and O–H groups in total. The van der Waals surface area contributed by atoms with Gasteiger partial charge in [-0.3, -0.25) is 0 Å². The lowest BCUT2D eigenvalue weighted by molar-refractivity contribution is 0.0874. The van der Waals surface area contributed by atoms with Gasteiger partial charge < -0.3 is 5.11 Å². The van der Waals surface area contributed by atoms with Crippen molar-refractivity contribution in [2.45, 2.75) is 38.3 Å². The van der Waals surface area contributed by atoms with Crippen molar-refractivity contribution in [3.05, 3.63) is 0 Å². The summed E-state index contributed by atoms with van der Waals surface area (Å²) in [5.74, 6) is 1.86. The Morgan fingerprint density at radius 1 is 1.38 bits per heavy atom. The van der Waals surface area contributed by atoms with Gasteiger partial charge in [-0.15, -0.1) is 0 Å². The Hall–Kier alpha value is -0.240. The van der Waals surface area contributed by atoms with E-state index in [1.165, 1.54) is 6.42 Å². The fourth-order valence-electron chi connectivity index (χ4n) is 3.11. The van der Waals surface area contributed by atoms with E-state index < -0.39 is 0 Å². The van der Waals surface area contributed by atoms with E-state index >= 15 is 0 Å². The molecule has 2 aliphatic rings. The average molecular weight is 197 g/mol. The van der Waals surface area contributed by atoms with E-state index in [0.717, 1.165) is 12.8 Å². The molecule has 2 saturated carbocycles. The van der Waals surface area contributed by atoms with E-state index in [9.17, 15) is 5.11 Å². The van der Waals surface area contributed by atoms with Crippen LogP contribution in [0.5, 0.6) is 0 Å². The van der Waals surface area contributed by atoms with Crippen LogP contribution in [0.4, 0.5) is 0 Å². The molecule has 5 atom stereocenters. The molecular formula is C10H15NOS. The first-order chi connectivity index (χ1) is 6.22. The maximum atomic E-state index is 9.52. The molecule has 13 heavy (non-hydrogen) atoms. The Morgan fingerprint density at radius 3 is 2.62 bits per heavy atom. The summed E-state index contributed by atoms with van der Waals surface area (Å²) >= 11 is 4.62. The van der Waals surface area contributed by atoms with Crippen LogP contribution in [-0.4, -0.2) is 22.4 Å². The van der Waals surface area contributed by atoms with Crippen molar-refractivity contribution in [2.24, 2.45) is 22.7 Å². The van der Waals surface area contributed by atoms with Gasteiger partial charge in [0.05, 0.1) is 17.3 Å². The molecule has 0 spiro atoms. The molecule has 2 bridgehead atoms. The number of fused-ring (bicyclic) bond motifs is 2. The van der Waals surface area contributed by atoms with E-state index in [1.54, 1.807) is 0 Å². The van der Waals surface area contributed by atoms with Gasteiger partial charge in [0.1, 0.15) is 0 Å². The number of hydrogen-bond donors (Lipinski definition) is 1. The minimum absolute atomic E-state index is 0.146. The lowest BCUT2D eigenvalue weighted by Gasteiger charge is -2.27. The minimum Gasteiger partial charge on any atom is -0.393 e. The van der Waals surface area contributed by atoms with Crippen molar-refractivity contribution >= 4 is 17.4 Å². The Kier molecular flexibility index (Phi) is 2.50. The highest BCUT2D eigenvalue weighted by molar-refractivity contribution is 7.78. The predicted octanol–water partition coefficient (Wildman–Crippen LogP) is 1.88. The molecule has 0 amide bonds. The van der Waals surface area contributed by atoms with Gasteiger partial charge in [0, 0.05) is 0 Å². The van der Waals surface area contributed by atoms with Gasteiger partial charge >= 0.3 is 0 Å². The van der Waals surface area contributed by atoms with Crippen molar-refractivity contribution in [2.75, 3.05) is 0 Å². The van der Waals surface area contributed by atoms with E-state index in [1.807, 2.05) is 6.92 Å². The molecule has 0 saturated heterocycles. The molecule has 5 unspecified atom stereocenters. The fraction of sp³-hybridized carbons (Fsp3) is 0.900. The Bertz CT molecular complexity index is 247. The molecule has 0 radical (unpaired) electrons. The lowest BCUT2D eigenvalue weighted by atomic mass is 9.83. The molecule has 0 aliphatic heterocycles. The second kappa shape index (κ2) is 3.49. The first-order valence-electron chi connectivity index (χ1n) is 4.97. The molecule has 2 nitrogen and oxygen atoms in total. The number of rotatable bonds is 2. The minimum atomic E-state index is -0.146. The van der Waals surface area contributed by atoms with E-state index in [2.05, 4.69) is 22.4 Å². The summed E-state index contributed by atoms with van der Waals surface area (Å²) in [4.78, 5) is 4.18. The highest BCUT2D eigenvalue weighted by Gasteiger charge is 2.47. The highest BCUT2D eigenvalue weighted by atomic mass is 32.1. The largest absolute Gasteiger partial charge is 0.393 e. The molecule has 0 aromatic carbocycles. The maximum Gasteiger partial charge on any atom is 0.0633 e. The zero-order valence-corrected chi connectivity index (χ0v) is 8.63. The molecule has 0 aromatic rings. The monoisotopic (exact) mass is 197 g/mol. The quantitative estimate of drug-likeness (QED) is 0.541. The van der Waals surface area contributed by atoms with Gasteiger partial charge in [0.2, 0.25) is 0 Å². The van der Waals surface area contributed by atoms with Crippen molar-refractivity contribution in [3.63, 3.8) is 0 Å². The fourth-order valence-corrected chi connectivity index (χ4v) is 3.24. The third-order valence-corrected chi connectivity index (χ3v) is 3.82. The van der Waals surface area contributed by atoms with Gasteiger partial charge in [0.15, 0.2) is 0 Å². The molecule has 2 rings (SSSR count). The SMILES string of the molecule is CC(O)C1CC2CC1CC2N=C=S. The van der Waals surface area contributed by atoms with Crippen molar-refractivity contribution < 1.29 is 5.11 Å². The van der Waals surface area contributed by atoms with Crippen molar-refractivity contribution in [1.82, 2.24) is 0 Å². The normalized spacial score (nSPS) is 44.5. The summed E-state index contributed by atoms with van der Waals surface area (Å²) in [5.41, 5.74) is 0. The molecule has 2 fully saturated rings. The molecule has 0 heterocycles. The number of nitrogens with zero attached hydrogens (tertiary/aromatic N) is 1. The zero-order valence-electron chi connectivity index (χ0n) is 7.81. The molecule has 2 aliphatic carbocycles. The van der Waals surface area contributed by atoms with Crippen LogP contribution in [0.3, 0.4) is 0 Å². The smallest absolute Gasteiger partial charge is 0.0633 e. The van der Waals surface area contributed by atoms with Crippen LogP contribution in [0.15, 0.2) is 4.99 Å². The van der Waals surface area contributed by atoms with Crippen LogP contribution in [-0.2, 0) is 0 Å². The molecule has 0 aromatic heterocycles. The average Bonchev–Trinajstić information content (AvgIpc) is 2.62. The summed E-state index contributed by atoms with van der Waals surface area (Å²) in [7, 11) is 0. The standard InChI is InChI=1S/C10H15NOS/c1-6(12)9-3-8-2-7(9)4-10(8)11-5-13/h6-10,12H,2-4H2,1H3. The number of thiocarbonyl (C=S) groups is 1. The van der Waals surface area contributed by atoms with Gasteiger partial charge in [-0.1, -0.05) is 0 Å². The summed E-state index contributed by atoms with van der Waals surface area (Å²) in [5, 5.41) is 12.0. The second-order valence-electron chi connectivity index (χ2n) is 4.42. The third kappa shape index (κ3) is 1.56. The third-order valence-electron chi connectivity index (χ3n) is 3.71. The Labute approximate surface area is 84.1 Å². The first kappa shape index (κ1) is 9.32. The Morgan fingerprint density at radius 2 is 2.15 bits per heavy atom. The van der Waals surface area contributed by atoms with E-state index in [-0.39, 0.29) is 6.10 Å². The van der Waals surface area contributed by atoms with Gasteiger partial charge in [-0.2, -0.15) is 0 Å². The Balaban J connectivity index is 2.02. The van der Waals surface area contributed by atoms with Crippen LogP contribution >= 0.6 is 12.2 Å². The van der Waals surface area contributed by atoms with Crippen molar-refractivity contribution in [1.29, 1.82) is 0 Å². The van der Waals surface area contributed by atoms with E-state index in [4.69, 9.17) is 0 Å². The van der Waals surface area contributed by atoms with Crippen LogP contribution in [0.25, 0.3) is 0 Å². The first-order valence-corrected chi connectivity index (χ1v) is 5.38. The maximum absolute atomic E-state index is 9.52. The van der Waals surface area contributed by atoms with Crippen LogP contribution < -0.4 is 0 Å². The summed E-state index contributed by atoms with van der Waals surface area (Å²) in [6.07, 6.45) is 3.34. The summed E-state index contributed by atoms with van der Waals surface area (Å²) in [6.45, 7) is 1.91. The van der Waals surface area contributed by atoms with Crippen LogP contribution in [0.1, 0.15) is 26.2 Å². The summed E-state index contributed by atoms with van der Waals surface area (Å²) < 4.78 is 0. The summed E-state index contributed by atoms with van der Waals surface area (Å²) in [6, 6.07) is 0.414. The molecule has 3 heteroatoms. The number of isothiocyanates is 1. The van der Waals surface area contributed by atoms with Gasteiger partial charge in [-0.05, 0) is 56.2 Å². The van der Waals surface area contributed by atoms with E-state index in [0.29, 0.717) is 23.8 Å². The topological polar surface area (TPSA) is 32.6 Å². The predicted molar refractivity (Wildman–Crippen MR) is 54.8 cm³/mol. The number of hydrogen-bond acceptors (Lipinski definition) is 3. The number of aliphatic imine (C=N–C) groups is 1. The van der Waals surface area contributed by atoms with Gasteiger partial charge in [0.25, 0.3) is 0 Å². The highest BCUT2D eigenvalue weighted by Crippen LogP contribution is 2.50. The van der Waals surface area contributed by atoms with Crippen LogP contribution in [0.2, 0.25) is 0 Å². The lowest BCUT2D eigenvalue weighted by Crippen LogP contribution is -2.27. The number of aliphatic hydroxyl groups excluding tert-OH is 1. The van der Waals surface area contributed by atoms with Gasteiger partial charge in [-0.25, -0.2) is 4.99 Å². The van der Waals surface area contributed by atoms with Crippen LogP contribution in [0, 0.1) is 17.8 Å². The molecular weight excluding hydrogens is 182 g/mol. The number of aliphatic hydroxyl groups is 1. The molecule has 72 valence electrons. The zero-order chi connectivity index (χ0) is 9.42. The van der Waals surface area contributed by atoms with Crippen molar-refractivity contribution in [3.8, 4) is 0 Å². The second-order valence-corrected chi connectivity index (χ2v) is 4.60.